The fraction of sp³-hybridized carbons (Fsp3) is 0.733. The molecule has 0 aromatic carbocycles. The van der Waals surface area contributed by atoms with Crippen molar-refractivity contribution in [1.29, 1.82) is 0 Å². The lowest BCUT2D eigenvalue weighted by Crippen LogP contribution is -2.39. The third kappa shape index (κ3) is 3.82. The molecule has 19 heavy (non-hydrogen) atoms. The van der Waals surface area contributed by atoms with E-state index in [0.29, 0.717) is 31.8 Å². The van der Waals surface area contributed by atoms with Crippen LogP contribution < -0.4 is 0 Å². The molecule has 0 spiro atoms. The summed E-state index contributed by atoms with van der Waals surface area (Å²) in [4.78, 5) is 25.6. The first-order valence-corrected chi connectivity index (χ1v) is 7.17. The van der Waals surface area contributed by atoms with Gasteiger partial charge in [0.15, 0.2) is 0 Å². The van der Waals surface area contributed by atoms with E-state index in [0.717, 1.165) is 12.8 Å². The second kappa shape index (κ2) is 7.31. The molecule has 0 radical (unpaired) electrons. The largest absolute Gasteiger partial charge is 0.481 e. The van der Waals surface area contributed by atoms with E-state index in [9.17, 15) is 14.7 Å². The first-order valence-electron chi connectivity index (χ1n) is 7.17. The summed E-state index contributed by atoms with van der Waals surface area (Å²) in [6.45, 7) is 8.92. The number of rotatable bonds is 7. The van der Waals surface area contributed by atoms with E-state index in [1.807, 2.05) is 6.92 Å². The fourth-order valence-corrected chi connectivity index (χ4v) is 2.97. The molecule has 1 rings (SSSR count). The van der Waals surface area contributed by atoms with Crippen LogP contribution in [0.1, 0.15) is 39.5 Å². The Kier molecular flexibility index (Phi) is 6.06. The Balaban J connectivity index is 2.81. The Labute approximate surface area is 115 Å². The van der Waals surface area contributed by atoms with E-state index in [2.05, 4.69) is 13.5 Å². The second-order valence-corrected chi connectivity index (χ2v) is 5.37. The van der Waals surface area contributed by atoms with E-state index in [4.69, 9.17) is 0 Å². The molecule has 108 valence electrons. The van der Waals surface area contributed by atoms with Crippen LogP contribution in [0.2, 0.25) is 0 Å². The zero-order valence-electron chi connectivity index (χ0n) is 12.0. The molecule has 4 nitrogen and oxygen atoms in total. The molecule has 0 aromatic rings. The first-order chi connectivity index (χ1) is 9.04. The molecule has 1 N–H and O–H groups in total. The van der Waals surface area contributed by atoms with Crippen LogP contribution in [0.25, 0.3) is 0 Å². The van der Waals surface area contributed by atoms with E-state index >= 15 is 0 Å². The molecule has 0 heterocycles. The number of nitrogens with zero attached hydrogens (tertiary/aromatic N) is 1. The lowest BCUT2D eigenvalue weighted by atomic mass is 9.94. The zero-order valence-corrected chi connectivity index (χ0v) is 12.0. The molecule has 3 atom stereocenters. The number of hydrogen-bond acceptors (Lipinski definition) is 2. The van der Waals surface area contributed by atoms with Gasteiger partial charge in [-0.05, 0) is 25.2 Å². The summed E-state index contributed by atoms with van der Waals surface area (Å²) in [6.07, 6.45) is 4.87. The number of carboxylic acid groups (broad SMARTS) is 1. The third-order valence-corrected chi connectivity index (χ3v) is 4.03. The minimum atomic E-state index is -0.829. The maximum Gasteiger partial charge on any atom is 0.307 e. The Hall–Kier alpha value is -1.32. The predicted molar refractivity (Wildman–Crippen MR) is 74.7 cm³/mol. The van der Waals surface area contributed by atoms with Gasteiger partial charge < -0.3 is 10.0 Å². The van der Waals surface area contributed by atoms with Crippen LogP contribution in [0.4, 0.5) is 0 Å². The molecule has 1 fully saturated rings. The average molecular weight is 267 g/mol. The van der Waals surface area contributed by atoms with Crippen molar-refractivity contribution in [2.45, 2.75) is 39.5 Å². The molecule has 0 aromatic heterocycles. The maximum atomic E-state index is 12.5. The van der Waals surface area contributed by atoms with Gasteiger partial charge in [-0.1, -0.05) is 26.3 Å². The Morgan fingerprint density at radius 1 is 1.32 bits per heavy atom. The van der Waals surface area contributed by atoms with Crippen molar-refractivity contribution in [3.05, 3.63) is 12.7 Å². The number of hydrogen-bond donors (Lipinski definition) is 1. The summed E-state index contributed by atoms with van der Waals surface area (Å²) in [5.41, 5.74) is 0. The smallest absolute Gasteiger partial charge is 0.307 e. The van der Waals surface area contributed by atoms with Gasteiger partial charge in [-0.3, -0.25) is 9.59 Å². The number of amides is 1. The van der Waals surface area contributed by atoms with Crippen LogP contribution in [0.5, 0.6) is 0 Å². The summed E-state index contributed by atoms with van der Waals surface area (Å²) >= 11 is 0. The molecule has 0 aliphatic heterocycles. The molecular weight excluding hydrogens is 242 g/mol. The minimum Gasteiger partial charge on any atom is -0.481 e. The summed E-state index contributed by atoms with van der Waals surface area (Å²) in [5, 5.41) is 9.30. The van der Waals surface area contributed by atoms with Gasteiger partial charge >= 0.3 is 5.97 Å². The lowest BCUT2D eigenvalue weighted by molar-refractivity contribution is -0.148. The number of carboxylic acids is 1. The highest BCUT2D eigenvalue weighted by atomic mass is 16.4. The zero-order chi connectivity index (χ0) is 14.4. The standard InChI is InChI=1S/C15H25NO3/c1-4-7-16(8-5-2)14(17)12-9-11(6-3)10-13(12)15(18)19/h4,11-13H,1,5-10H2,2-3H3,(H,18,19)/t11?,12-,13+/m0/s1. The van der Waals surface area contributed by atoms with Gasteiger partial charge in [0.2, 0.25) is 5.91 Å². The quantitative estimate of drug-likeness (QED) is 0.721. The van der Waals surface area contributed by atoms with Crippen LogP contribution in [-0.2, 0) is 9.59 Å². The minimum absolute atomic E-state index is 0.00917. The van der Waals surface area contributed by atoms with Crippen LogP contribution in [-0.4, -0.2) is 35.0 Å². The first kappa shape index (κ1) is 15.7. The van der Waals surface area contributed by atoms with Crippen molar-refractivity contribution in [2.24, 2.45) is 17.8 Å². The van der Waals surface area contributed by atoms with Gasteiger partial charge in [0, 0.05) is 13.1 Å². The highest BCUT2D eigenvalue weighted by molar-refractivity contribution is 5.85. The second-order valence-electron chi connectivity index (χ2n) is 5.37. The molecule has 1 amide bonds. The summed E-state index contributed by atoms with van der Waals surface area (Å²) in [5.74, 6) is -1.34. The van der Waals surface area contributed by atoms with Gasteiger partial charge in [-0.15, -0.1) is 6.58 Å². The molecular formula is C15H25NO3. The van der Waals surface area contributed by atoms with Crippen molar-refractivity contribution >= 4 is 11.9 Å². The SMILES string of the molecule is C=CCN(CCC)C(=O)[C@H]1CC(CC)C[C@H]1C(=O)O. The molecule has 4 heteroatoms. The van der Waals surface area contributed by atoms with E-state index < -0.39 is 11.9 Å². The monoisotopic (exact) mass is 267 g/mol. The number of aliphatic carboxylic acids is 1. The van der Waals surface area contributed by atoms with Crippen LogP contribution >= 0.6 is 0 Å². The van der Waals surface area contributed by atoms with E-state index in [1.54, 1.807) is 11.0 Å². The highest BCUT2D eigenvalue weighted by Crippen LogP contribution is 2.39. The van der Waals surface area contributed by atoms with Gasteiger partial charge in [0.05, 0.1) is 11.8 Å². The Morgan fingerprint density at radius 2 is 1.95 bits per heavy atom. The lowest BCUT2D eigenvalue weighted by Gasteiger charge is -2.25. The van der Waals surface area contributed by atoms with Gasteiger partial charge in [-0.2, -0.15) is 0 Å². The van der Waals surface area contributed by atoms with Crippen LogP contribution in [0, 0.1) is 17.8 Å². The van der Waals surface area contributed by atoms with Gasteiger partial charge in [-0.25, -0.2) is 0 Å². The summed E-state index contributed by atoms with van der Waals surface area (Å²) < 4.78 is 0. The van der Waals surface area contributed by atoms with Crippen molar-refractivity contribution in [2.75, 3.05) is 13.1 Å². The van der Waals surface area contributed by atoms with Crippen LogP contribution in [0.15, 0.2) is 12.7 Å². The van der Waals surface area contributed by atoms with E-state index in [-0.39, 0.29) is 11.8 Å². The average Bonchev–Trinajstić information content (AvgIpc) is 2.82. The fourth-order valence-electron chi connectivity index (χ4n) is 2.97. The number of carbonyl (C=O) groups is 2. The van der Waals surface area contributed by atoms with Crippen molar-refractivity contribution in [3.63, 3.8) is 0 Å². The molecule has 1 saturated carbocycles. The van der Waals surface area contributed by atoms with Gasteiger partial charge in [0.1, 0.15) is 0 Å². The Bertz CT molecular complexity index is 340. The van der Waals surface area contributed by atoms with Gasteiger partial charge in [0.25, 0.3) is 0 Å². The molecule has 0 saturated heterocycles. The van der Waals surface area contributed by atoms with Crippen molar-refractivity contribution < 1.29 is 14.7 Å². The topological polar surface area (TPSA) is 57.6 Å². The molecule has 1 unspecified atom stereocenters. The summed E-state index contributed by atoms with van der Waals surface area (Å²) in [6, 6.07) is 0. The van der Waals surface area contributed by atoms with Crippen molar-refractivity contribution in [1.82, 2.24) is 4.90 Å². The predicted octanol–water partition coefficient (Wildman–Crippen LogP) is 2.55. The van der Waals surface area contributed by atoms with E-state index in [1.165, 1.54) is 0 Å². The maximum absolute atomic E-state index is 12.5. The molecule has 0 bridgehead atoms. The third-order valence-electron chi connectivity index (χ3n) is 4.03. The Morgan fingerprint density at radius 3 is 2.42 bits per heavy atom. The molecule has 1 aliphatic rings. The van der Waals surface area contributed by atoms with Crippen molar-refractivity contribution in [3.8, 4) is 0 Å². The normalized spacial score (nSPS) is 26.1. The number of carbonyl (C=O) groups excluding carboxylic acids is 1. The summed E-state index contributed by atoms with van der Waals surface area (Å²) in [7, 11) is 0. The highest BCUT2D eigenvalue weighted by Gasteiger charge is 2.43. The molecule has 1 aliphatic carbocycles. The van der Waals surface area contributed by atoms with Crippen LogP contribution in [0.3, 0.4) is 0 Å².